The van der Waals surface area contributed by atoms with Crippen molar-refractivity contribution < 1.29 is 0 Å². The molecular formula is C14H26N2S. The summed E-state index contributed by atoms with van der Waals surface area (Å²) in [6, 6.07) is 2.81. The highest BCUT2D eigenvalue weighted by Gasteiger charge is 2.03. The predicted molar refractivity (Wildman–Crippen MR) is 77.6 cm³/mol. The van der Waals surface area contributed by atoms with Crippen LogP contribution in [0.15, 0.2) is 16.8 Å². The van der Waals surface area contributed by atoms with E-state index in [9.17, 15) is 0 Å². The third kappa shape index (κ3) is 6.20. The molecule has 0 aliphatic heterocycles. The van der Waals surface area contributed by atoms with Crippen LogP contribution < -0.4 is 5.32 Å². The number of hydrogen-bond acceptors (Lipinski definition) is 3. The van der Waals surface area contributed by atoms with E-state index in [-0.39, 0.29) is 0 Å². The third-order valence-electron chi connectivity index (χ3n) is 3.24. The summed E-state index contributed by atoms with van der Waals surface area (Å²) in [7, 11) is 0. The predicted octanol–water partition coefficient (Wildman–Crippen LogP) is 3.35. The Hall–Kier alpha value is -0.380. The molecule has 1 rings (SSSR count). The van der Waals surface area contributed by atoms with Gasteiger partial charge in [-0.05, 0) is 61.8 Å². The quantitative estimate of drug-likeness (QED) is 0.727. The van der Waals surface area contributed by atoms with Gasteiger partial charge in [0.25, 0.3) is 0 Å². The van der Waals surface area contributed by atoms with Gasteiger partial charge in [0.05, 0.1) is 0 Å². The average Bonchev–Trinajstić information content (AvgIpc) is 2.85. The van der Waals surface area contributed by atoms with Crippen LogP contribution >= 0.6 is 11.3 Å². The zero-order valence-corrected chi connectivity index (χ0v) is 12.2. The summed E-state index contributed by atoms with van der Waals surface area (Å²) < 4.78 is 0. The molecule has 0 saturated carbocycles. The van der Waals surface area contributed by atoms with Crippen molar-refractivity contribution in [1.82, 2.24) is 10.2 Å². The van der Waals surface area contributed by atoms with Gasteiger partial charge < -0.3 is 10.2 Å². The summed E-state index contributed by atoms with van der Waals surface area (Å²) in [6.07, 6.45) is 2.56. The molecule has 1 aromatic rings. The van der Waals surface area contributed by atoms with Crippen molar-refractivity contribution in [3.05, 3.63) is 22.4 Å². The summed E-state index contributed by atoms with van der Waals surface area (Å²) in [5.41, 5.74) is 1.41. The number of thiophene rings is 1. The Morgan fingerprint density at radius 2 is 2.12 bits per heavy atom. The van der Waals surface area contributed by atoms with E-state index < -0.39 is 0 Å². The van der Waals surface area contributed by atoms with Gasteiger partial charge in [-0.25, -0.2) is 0 Å². The SMILES string of the molecule is CCN(CC)CCCC(C)NCc1ccsc1. The minimum atomic E-state index is 0.616. The van der Waals surface area contributed by atoms with E-state index in [0.717, 1.165) is 6.54 Å². The fraction of sp³-hybridized carbons (Fsp3) is 0.714. The lowest BCUT2D eigenvalue weighted by molar-refractivity contribution is 0.290. The summed E-state index contributed by atoms with van der Waals surface area (Å²) in [4.78, 5) is 2.49. The topological polar surface area (TPSA) is 15.3 Å². The van der Waals surface area contributed by atoms with E-state index in [1.54, 1.807) is 11.3 Å². The Morgan fingerprint density at radius 3 is 2.71 bits per heavy atom. The fourth-order valence-electron chi connectivity index (χ4n) is 1.95. The molecule has 0 aliphatic carbocycles. The molecule has 0 aromatic carbocycles. The van der Waals surface area contributed by atoms with Gasteiger partial charge in [-0.1, -0.05) is 13.8 Å². The van der Waals surface area contributed by atoms with Gasteiger partial charge in [-0.15, -0.1) is 0 Å². The van der Waals surface area contributed by atoms with E-state index in [0.29, 0.717) is 6.04 Å². The fourth-order valence-corrected chi connectivity index (χ4v) is 2.62. The van der Waals surface area contributed by atoms with Crippen molar-refractivity contribution in [1.29, 1.82) is 0 Å². The molecule has 1 N–H and O–H groups in total. The van der Waals surface area contributed by atoms with Gasteiger partial charge in [0.2, 0.25) is 0 Å². The highest BCUT2D eigenvalue weighted by molar-refractivity contribution is 7.07. The first-order valence-electron chi connectivity index (χ1n) is 6.73. The summed E-state index contributed by atoms with van der Waals surface area (Å²) >= 11 is 1.77. The van der Waals surface area contributed by atoms with Crippen LogP contribution in [0.4, 0.5) is 0 Å². The Morgan fingerprint density at radius 1 is 1.35 bits per heavy atom. The van der Waals surface area contributed by atoms with Crippen molar-refractivity contribution in [2.45, 2.75) is 46.2 Å². The lowest BCUT2D eigenvalue weighted by atomic mass is 10.1. The van der Waals surface area contributed by atoms with Gasteiger partial charge >= 0.3 is 0 Å². The van der Waals surface area contributed by atoms with E-state index in [2.05, 4.69) is 47.8 Å². The Labute approximate surface area is 110 Å². The van der Waals surface area contributed by atoms with E-state index in [1.165, 1.54) is 38.0 Å². The van der Waals surface area contributed by atoms with Crippen LogP contribution in [0.25, 0.3) is 0 Å². The average molecular weight is 254 g/mol. The molecule has 0 bridgehead atoms. The van der Waals surface area contributed by atoms with Crippen LogP contribution in [0.3, 0.4) is 0 Å². The molecule has 1 aromatic heterocycles. The second kappa shape index (κ2) is 8.67. The summed E-state index contributed by atoms with van der Waals surface area (Å²) in [5.74, 6) is 0. The first-order valence-corrected chi connectivity index (χ1v) is 7.67. The van der Waals surface area contributed by atoms with Crippen LogP contribution in [-0.4, -0.2) is 30.6 Å². The Kier molecular flexibility index (Phi) is 7.49. The maximum Gasteiger partial charge on any atom is 0.0216 e. The first-order chi connectivity index (χ1) is 8.26. The van der Waals surface area contributed by atoms with E-state index in [4.69, 9.17) is 0 Å². The molecule has 0 radical (unpaired) electrons. The van der Waals surface area contributed by atoms with Gasteiger partial charge in [0, 0.05) is 12.6 Å². The molecule has 1 atom stereocenters. The van der Waals surface area contributed by atoms with E-state index >= 15 is 0 Å². The second-order valence-electron chi connectivity index (χ2n) is 4.58. The van der Waals surface area contributed by atoms with Gasteiger partial charge in [-0.2, -0.15) is 11.3 Å². The van der Waals surface area contributed by atoms with Crippen LogP contribution in [0.5, 0.6) is 0 Å². The number of nitrogens with zero attached hydrogens (tertiary/aromatic N) is 1. The highest BCUT2D eigenvalue weighted by atomic mass is 32.1. The monoisotopic (exact) mass is 254 g/mol. The van der Waals surface area contributed by atoms with Crippen LogP contribution in [-0.2, 0) is 6.54 Å². The standard InChI is InChI=1S/C14H26N2S/c1-4-16(5-2)9-6-7-13(3)15-11-14-8-10-17-12-14/h8,10,12-13,15H,4-7,9,11H2,1-3H3. The Balaban J connectivity index is 2.06. The third-order valence-corrected chi connectivity index (χ3v) is 3.97. The van der Waals surface area contributed by atoms with Crippen molar-refractivity contribution in [2.24, 2.45) is 0 Å². The van der Waals surface area contributed by atoms with Crippen molar-refractivity contribution in [3.8, 4) is 0 Å². The lowest BCUT2D eigenvalue weighted by Gasteiger charge is -2.19. The maximum atomic E-state index is 3.58. The molecule has 2 nitrogen and oxygen atoms in total. The smallest absolute Gasteiger partial charge is 0.0216 e. The molecule has 1 heterocycles. The minimum Gasteiger partial charge on any atom is -0.310 e. The molecule has 17 heavy (non-hydrogen) atoms. The molecule has 3 heteroatoms. The molecule has 0 aliphatic rings. The summed E-state index contributed by atoms with van der Waals surface area (Å²) in [6.45, 7) is 11.4. The second-order valence-corrected chi connectivity index (χ2v) is 5.36. The summed E-state index contributed by atoms with van der Waals surface area (Å²) in [5, 5.41) is 7.94. The van der Waals surface area contributed by atoms with Crippen LogP contribution in [0.2, 0.25) is 0 Å². The first kappa shape index (κ1) is 14.7. The van der Waals surface area contributed by atoms with Crippen LogP contribution in [0.1, 0.15) is 39.2 Å². The van der Waals surface area contributed by atoms with Crippen molar-refractivity contribution >= 4 is 11.3 Å². The van der Waals surface area contributed by atoms with Gasteiger partial charge in [-0.3, -0.25) is 0 Å². The van der Waals surface area contributed by atoms with Gasteiger partial charge in [0.15, 0.2) is 0 Å². The zero-order chi connectivity index (χ0) is 12.5. The molecule has 0 spiro atoms. The van der Waals surface area contributed by atoms with E-state index in [1.807, 2.05) is 0 Å². The number of hydrogen-bond donors (Lipinski definition) is 1. The van der Waals surface area contributed by atoms with Crippen molar-refractivity contribution in [3.63, 3.8) is 0 Å². The molecule has 98 valence electrons. The normalized spacial score (nSPS) is 13.2. The largest absolute Gasteiger partial charge is 0.310 e. The molecule has 1 unspecified atom stereocenters. The minimum absolute atomic E-state index is 0.616. The molecular weight excluding hydrogens is 228 g/mol. The molecule has 0 saturated heterocycles. The lowest BCUT2D eigenvalue weighted by Crippen LogP contribution is -2.28. The Bertz CT molecular complexity index is 268. The molecule has 0 fully saturated rings. The van der Waals surface area contributed by atoms with Crippen molar-refractivity contribution in [2.75, 3.05) is 19.6 Å². The van der Waals surface area contributed by atoms with Crippen LogP contribution in [0, 0.1) is 0 Å². The van der Waals surface area contributed by atoms with Gasteiger partial charge in [0.1, 0.15) is 0 Å². The number of rotatable bonds is 9. The molecule has 0 amide bonds. The highest BCUT2D eigenvalue weighted by Crippen LogP contribution is 2.06. The maximum absolute atomic E-state index is 3.58. The number of nitrogens with one attached hydrogen (secondary N) is 1. The zero-order valence-electron chi connectivity index (χ0n) is 11.4.